The van der Waals surface area contributed by atoms with Crippen molar-refractivity contribution in [3.63, 3.8) is 0 Å². The molecule has 116 valence electrons. The number of hydrogen-bond donors (Lipinski definition) is 1. The molecule has 0 bridgehead atoms. The van der Waals surface area contributed by atoms with Crippen molar-refractivity contribution < 1.29 is 4.79 Å². The van der Waals surface area contributed by atoms with Crippen LogP contribution in [0.25, 0.3) is 16.7 Å². The summed E-state index contributed by atoms with van der Waals surface area (Å²) in [6.45, 7) is 1.36. The number of aromatic nitrogens is 4. The largest absolute Gasteiger partial charge is 0.369 e. The van der Waals surface area contributed by atoms with Gasteiger partial charge in [-0.1, -0.05) is 18.2 Å². The van der Waals surface area contributed by atoms with Gasteiger partial charge in [-0.2, -0.15) is 5.10 Å². The minimum absolute atomic E-state index is 0.121. The minimum atomic E-state index is -0.252. The Bertz CT molecular complexity index is 859. The first kappa shape index (κ1) is 13.7. The van der Waals surface area contributed by atoms with Crippen LogP contribution >= 0.6 is 0 Å². The highest BCUT2D eigenvalue weighted by molar-refractivity contribution is 5.88. The Balaban J connectivity index is 1.76. The van der Waals surface area contributed by atoms with Gasteiger partial charge in [-0.05, 0) is 18.6 Å². The van der Waals surface area contributed by atoms with Crippen LogP contribution in [0.4, 0.5) is 5.82 Å². The number of primary amides is 1. The summed E-state index contributed by atoms with van der Waals surface area (Å²) in [5.41, 5.74) is 7.12. The van der Waals surface area contributed by atoms with Gasteiger partial charge in [0.2, 0.25) is 5.91 Å². The highest BCUT2D eigenvalue weighted by Crippen LogP contribution is 2.28. The van der Waals surface area contributed by atoms with Crippen molar-refractivity contribution >= 4 is 22.8 Å². The SMILES string of the molecule is NC(=O)[C@@H]1CCN(c2ncnc3c2cnn3-c2ccccc2)C1. The Morgan fingerprint density at radius 2 is 2.04 bits per heavy atom. The molecule has 1 amide bonds. The van der Waals surface area contributed by atoms with Gasteiger partial charge < -0.3 is 10.6 Å². The molecular formula is C16H16N6O. The van der Waals surface area contributed by atoms with Crippen LogP contribution in [0.5, 0.6) is 0 Å². The second kappa shape index (κ2) is 5.35. The summed E-state index contributed by atoms with van der Waals surface area (Å²) in [6.07, 6.45) is 4.07. The van der Waals surface area contributed by atoms with Crippen molar-refractivity contribution in [1.29, 1.82) is 0 Å². The van der Waals surface area contributed by atoms with Crippen LogP contribution in [0.2, 0.25) is 0 Å². The van der Waals surface area contributed by atoms with Crippen LogP contribution in [0, 0.1) is 5.92 Å². The zero-order valence-corrected chi connectivity index (χ0v) is 12.5. The fourth-order valence-electron chi connectivity index (χ4n) is 3.03. The second-order valence-electron chi connectivity index (χ2n) is 5.66. The van der Waals surface area contributed by atoms with E-state index in [-0.39, 0.29) is 11.8 Å². The van der Waals surface area contributed by atoms with Crippen molar-refractivity contribution in [3.8, 4) is 5.69 Å². The van der Waals surface area contributed by atoms with E-state index in [1.165, 1.54) is 6.33 Å². The number of amides is 1. The number of para-hydroxylation sites is 1. The number of hydrogen-bond acceptors (Lipinski definition) is 5. The molecule has 0 radical (unpaired) electrons. The number of carbonyl (C=O) groups is 1. The van der Waals surface area contributed by atoms with E-state index < -0.39 is 0 Å². The molecule has 0 aliphatic carbocycles. The van der Waals surface area contributed by atoms with E-state index in [2.05, 4.69) is 20.0 Å². The van der Waals surface area contributed by atoms with Gasteiger partial charge >= 0.3 is 0 Å². The number of fused-ring (bicyclic) bond motifs is 1. The van der Waals surface area contributed by atoms with Crippen LogP contribution < -0.4 is 10.6 Å². The van der Waals surface area contributed by atoms with Gasteiger partial charge in [0, 0.05) is 13.1 Å². The first-order chi connectivity index (χ1) is 11.2. The topological polar surface area (TPSA) is 89.9 Å². The molecule has 0 spiro atoms. The lowest BCUT2D eigenvalue weighted by Gasteiger charge is -2.17. The highest BCUT2D eigenvalue weighted by atomic mass is 16.1. The molecular weight excluding hydrogens is 292 g/mol. The number of carbonyl (C=O) groups excluding carboxylic acids is 1. The molecule has 23 heavy (non-hydrogen) atoms. The predicted octanol–water partition coefficient (Wildman–Crippen LogP) is 1.13. The zero-order valence-electron chi connectivity index (χ0n) is 12.5. The molecule has 2 N–H and O–H groups in total. The molecule has 3 heterocycles. The van der Waals surface area contributed by atoms with Crippen molar-refractivity contribution in [2.45, 2.75) is 6.42 Å². The molecule has 7 heteroatoms. The van der Waals surface area contributed by atoms with Crippen LogP contribution in [0.3, 0.4) is 0 Å². The van der Waals surface area contributed by atoms with E-state index in [0.29, 0.717) is 6.54 Å². The lowest BCUT2D eigenvalue weighted by atomic mass is 10.1. The van der Waals surface area contributed by atoms with Crippen LogP contribution in [-0.2, 0) is 4.79 Å². The van der Waals surface area contributed by atoms with Crippen molar-refractivity contribution in [2.24, 2.45) is 11.7 Å². The monoisotopic (exact) mass is 308 g/mol. The summed E-state index contributed by atoms with van der Waals surface area (Å²) in [4.78, 5) is 22.2. The summed E-state index contributed by atoms with van der Waals surface area (Å²) in [6, 6.07) is 9.84. The standard InChI is InChI=1S/C16H16N6O/c17-14(23)11-6-7-21(9-11)15-13-8-20-22(16(13)19-10-18-15)12-4-2-1-3-5-12/h1-5,8,10-11H,6-7,9H2,(H2,17,23)/t11-/m1/s1. The van der Waals surface area contributed by atoms with Gasteiger partial charge in [-0.3, -0.25) is 4.79 Å². The average Bonchev–Trinajstić information content (AvgIpc) is 3.22. The molecule has 2 aromatic heterocycles. The maximum atomic E-state index is 11.4. The highest BCUT2D eigenvalue weighted by Gasteiger charge is 2.29. The minimum Gasteiger partial charge on any atom is -0.369 e. The lowest BCUT2D eigenvalue weighted by Crippen LogP contribution is -2.27. The molecule has 7 nitrogen and oxygen atoms in total. The fourth-order valence-corrected chi connectivity index (χ4v) is 3.03. The second-order valence-corrected chi connectivity index (χ2v) is 5.66. The summed E-state index contributed by atoms with van der Waals surface area (Å²) in [5, 5.41) is 5.32. The average molecular weight is 308 g/mol. The molecule has 1 aliphatic heterocycles. The summed E-state index contributed by atoms with van der Waals surface area (Å²) in [7, 11) is 0. The third kappa shape index (κ3) is 2.30. The molecule has 1 fully saturated rings. The van der Waals surface area contributed by atoms with E-state index in [9.17, 15) is 4.79 Å². The number of nitrogens with two attached hydrogens (primary N) is 1. The van der Waals surface area contributed by atoms with Crippen LogP contribution in [0.1, 0.15) is 6.42 Å². The van der Waals surface area contributed by atoms with Gasteiger partial charge in [-0.15, -0.1) is 0 Å². The van der Waals surface area contributed by atoms with E-state index in [4.69, 9.17) is 5.73 Å². The molecule has 1 atom stereocenters. The third-order valence-corrected chi connectivity index (χ3v) is 4.24. The number of nitrogens with zero attached hydrogens (tertiary/aromatic N) is 5. The Morgan fingerprint density at radius 1 is 1.22 bits per heavy atom. The Kier molecular flexibility index (Phi) is 3.18. The Morgan fingerprint density at radius 3 is 2.78 bits per heavy atom. The number of benzene rings is 1. The number of anilines is 1. The van der Waals surface area contributed by atoms with E-state index in [1.807, 2.05) is 30.3 Å². The lowest BCUT2D eigenvalue weighted by molar-refractivity contribution is -0.121. The van der Waals surface area contributed by atoms with E-state index >= 15 is 0 Å². The summed E-state index contributed by atoms with van der Waals surface area (Å²) < 4.78 is 1.79. The molecule has 1 aromatic carbocycles. The quantitative estimate of drug-likeness (QED) is 0.783. The molecule has 3 aromatic rings. The van der Waals surface area contributed by atoms with E-state index in [1.54, 1.807) is 10.9 Å². The van der Waals surface area contributed by atoms with Gasteiger partial charge in [0.15, 0.2) is 5.65 Å². The molecule has 1 saturated heterocycles. The van der Waals surface area contributed by atoms with Gasteiger partial charge in [0.05, 0.1) is 23.2 Å². The van der Waals surface area contributed by atoms with Crippen LogP contribution in [-0.4, -0.2) is 38.7 Å². The van der Waals surface area contributed by atoms with E-state index in [0.717, 1.165) is 35.5 Å². The summed E-state index contributed by atoms with van der Waals surface area (Å²) >= 11 is 0. The first-order valence-electron chi connectivity index (χ1n) is 7.52. The van der Waals surface area contributed by atoms with Gasteiger partial charge in [0.1, 0.15) is 12.1 Å². The van der Waals surface area contributed by atoms with Crippen molar-refractivity contribution in [1.82, 2.24) is 19.7 Å². The molecule has 4 rings (SSSR count). The number of rotatable bonds is 3. The Labute approximate surface area is 132 Å². The molecule has 0 saturated carbocycles. The first-order valence-corrected chi connectivity index (χ1v) is 7.52. The smallest absolute Gasteiger partial charge is 0.222 e. The maximum Gasteiger partial charge on any atom is 0.222 e. The van der Waals surface area contributed by atoms with Crippen molar-refractivity contribution in [2.75, 3.05) is 18.0 Å². The van der Waals surface area contributed by atoms with Gasteiger partial charge in [-0.25, -0.2) is 14.6 Å². The third-order valence-electron chi connectivity index (χ3n) is 4.24. The van der Waals surface area contributed by atoms with Crippen molar-refractivity contribution in [3.05, 3.63) is 42.9 Å². The zero-order chi connectivity index (χ0) is 15.8. The predicted molar refractivity (Wildman–Crippen MR) is 86.2 cm³/mol. The molecule has 0 unspecified atom stereocenters. The van der Waals surface area contributed by atoms with Gasteiger partial charge in [0.25, 0.3) is 0 Å². The fraction of sp³-hybridized carbons (Fsp3) is 0.250. The normalized spacial score (nSPS) is 17.7. The Hall–Kier alpha value is -2.96. The summed E-state index contributed by atoms with van der Waals surface area (Å²) in [5.74, 6) is 0.433. The van der Waals surface area contributed by atoms with Crippen LogP contribution in [0.15, 0.2) is 42.9 Å². The maximum absolute atomic E-state index is 11.4. The molecule has 1 aliphatic rings.